The fourth-order valence-electron chi connectivity index (χ4n) is 3.74. The summed E-state index contributed by atoms with van der Waals surface area (Å²) in [4.78, 5) is 9.11. The third-order valence-corrected chi connectivity index (χ3v) is 5.57. The predicted octanol–water partition coefficient (Wildman–Crippen LogP) is 5.27. The van der Waals surface area contributed by atoms with Crippen LogP contribution in [0.25, 0.3) is 22.3 Å². The minimum atomic E-state index is -0.605. The molecule has 1 fully saturated rings. The van der Waals surface area contributed by atoms with Gasteiger partial charge in [0.25, 0.3) is 6.01 Å². The van der Waals surface area contributed by atoms with Gasteiger partial charge in [0.2, 0.25) is 0 Å². The summed E-state index contributed by atoms with van der Waals surface area (Å²) in [6, 6.07) is 6.04. The van der Waals surface area contributed by atoms with Crippen LogP contribution in [0.15, 0.2) is 24.4 Å². The Labute approximate surface area is 162 Å². The van der Waals surface area contributed by atoms with Gasteiger partial charge in [-0.05, 0) is 43.4 Å². The average Bonchev–Trinajstić information content (AvgIpc) is 3.45. The number of halogens is 2. The Hall–Kier alpha value is -2.34. The van der Waals surface area contributed by atoms with Crippen molar-refractivity contribution in [2.24, 2.45) is 5.92 Å². The van der Waals surface area contributed by atoms with E-state index in [2.05, 4.69) is 21.5 Å². The van der Waals surface area contributed by atoms with E-state index in [9.17, 15) is 4.39 Å². The van der Waals surface area contributed by atoms with Crippen molar-refractivity contribution >= 4 is 22.6 Å². The standard InChI is InChI=1S/C20H21ClFN3O2/c1-4-13(11-5-6-11)25-14-9-10-23-18(19(14)24-20(25)27-3)12-7-8-15(26-2)17(22)16(12)21/h7-11,13H,4-6H2,1-3H3. The predicted molar refractivity (Wildman–Crippen MR) is 103 cm³/mol. The normalized spacial score (nSPS) is 15.1. The lowest BCUT2D eigenvalue weighted by Crippen LogP contribution is -2.11. The molecule has 1 aromatic carbocycles. The number of nitrogens with zero attached hydrogens (tertiary/aromatic N) is 3. The molecule has 1 aliphatic rings. The summed E-state index contributed by atoms with van der Waals surface area (Å²) in [5, 5.41) is -0.0305. The van der Waals surface area contributed by atoms with E-state index in [1.165, 1.54) is 20.0 Å². The Balaban J connectivity index is 1.94. The van der Waals surface area contributed by atoms with Gasteiger partial charge in [0.15, 0.2) is 11.6 Å². The molecule has 0 amide bonds. The first-order valence-electron chi connectivity index (χ1n) is 9.04. The second-order valence-corrected chi connectivity index (χ2v) is 7.13. The molecule has 1 aliphatic carbocycles. The second kappa shape index (κ2) is 7.00. The molecule has 0 saturated heterocycles. The van der Waals surface area contributed by atoms with Crippen LogP contribution in [0, 0.1) is 11.7 Å². The number of pyridine rings is 1. The highest BCUT2D eigenvalue weighted by Crippen LogP contribution is 2.45. The monoisotopic (exact) mass is 389 g/mol. The smallest absolute Gasteiger partial charge is 0.297 e. The van der Waals surface area contributed by atoms with Crippen molar-refractivity contribution in [1.82, 2.24) is 14.5 Å². The summed E-state index contributed by atoms with van der Waals surface area (Å²) in [5.41, 5.74) is 2.58. The van der Waals surface area contributed by atoms with Gasteiger partial charge in [-0.3, -0.25) is 9.55 Å². The van der Waals surface area contributed by atoms with Crippen LogP contribution in [0.1, 0.15) is 32.2 Å². The first-order valence-corrected chi connectivity index (χ1v) is 9.41. The molecule has 0 bridgehead atoms. The van der Waals surface area contributed by atoms with Crippen LogP contribution in [0.4, 0.5) is 4.39 Å². The first-order chi connectivity index (χ1) is 13.1. The quantitative estimate of drug-likeness (QED) is 0.576. The zero-order valence-corrected chi connectivity index (χ0v) is 16.3. The molecule has 4 rings (SSSR count). The van der Waals surface area contributed by atoms with Gasteiger partial charge < -0.3 is 9.47 Å². The summed E-state index contributed by atoms with van der Waals surface area (Å²) in [6.07, 6.45) is 5.12. The van der Waals surface area contributed by atoms with Crippen LogP contribution in [0.3, 0.4) is 0 Å². The Morgan fingerprint density at radius 1 is 1.26 bits per heavy atom. The first kappa shape index (κ1) is 18.0. The summed E-state index contributed by atoms with van der Waals surface area (Å²) in [5.74, 6) is 0.130. The maximum atomic E-state index is 14.5. The van der Waals surface area contributed by atoms with E-state index in [4.69, 9.17) is 21.1 Å². The minimum Gasteiger partial charge on any atom is -0.494 e. The van der Waals surface area contributed by atoms with Crippen molar-refractivity contribution in [3.63, 3.8) is 0 Å². The Kier molecular flexibility index (Phi) is 4.68. The van der Waals surface area contributed by atoms with E-state index in [0.717, 1.165) is 11.9 Å². The molecule has 3 aromatic rings. The molecular weight excluding hydrogens is 369 g/mol. The second-order valence-electron chi connectivity index (χ2n) is 6.75. The summed E-state index contributed by atoms with van der Waals surface area (Å²) in [6.45, 7) is 2.17. The number of fused-ring (bicyclic) bond motifs is 1. The van der Waals surface area contributed by atoms with Gasteiger partial charge >= 0.3 is 0 Å². The van der Waals surface area contributed by atoms with Crippen molar-refractivity contribution in [2.75, 3.05) is 14.2 Å². The summed E-state index contributed by atoms with van der Waals surface area (Å²) in [7, 11) is 3.02. The minimum absolute atomic E-state index is 0.0305. The highest BCUT2D eigenvalue weighted by molar-refractivity contribution is 6.33. The molecule has 5 nitrogen and oxygen atoms in total. The topological polar surface area (TPSA) is 49.2 Å². The molecule has 1 unspecified atom stereocenters. The maximum absolute atomic E-state index is 14.5. The van der Waals surface area contributed by atoms with Gasteiger partial charge in [-0.15, -0.1) is 0 Å². The zero-order valence-electron chi connectivity index (χ0n) is 15.5. The zero-order chi connectivity index (χ0) is 19.1. The molecule has 0 radical (unpaired) electrons. The fraction of sp³-hybridized carbons (Fsp3) is 0.400. The van der Waals surface area contributed by atoms with E-state index in [0.29, 0.717) is 34.7 Å². The number of ether oxygens (including phenoxy) is 2. The van der Waals surface area contributed by atoms with Gasteiger partial charge in [-0.1, -0.05) is 18.5 Å². The highest BCUT2D eigenvalue weighted by atomic mass is 35.5. The van der Waals surface area contributed by atoms with E-state index in [-0.39, 0.29) is 10.8 Å². The molecular formula is C20H21ClFN3O2. The lowest BCUT2D eigenvalue weighted by atomic mass is 10.1. The summed E-state index contributed by atoms with van der Waals surface area (Å²) >= 11 is 6.28. The van der Waals surface area contributed by atoms with Gasteiger partial charge in [0.05, 0.1) is 30.5 Å². The van der Waals surface area contributed by atoms with Gasteiger partial charge in [-0.25, -0.2) is 4.39 Å². The van der Waals surface area contributed by atoms with Crippen molar-refractivity contribution in [3.8, 4) is 23.0 Å². The SMILES string of the molecule is CCC(C1CC1)n1c(OC)nc2c(-c3ccc(OC)c(F)c3Cl)nccc21. The van der Waals surface area contributed by atoms with Crippen LogP contribution >= 0.6 is 11.6 Å². The highest BCUT2D eigenvalue weighted by Gasteiger charge is 2.34. The fourth-order valence-corrected chi connectivity index (χ4v) is 3.99. The molecule has 1 atom stereocenters. The molecule has 142 valence electrons. The van der Waals surface area contributed by atoms with Crippen LogP contribution in [0.2, 0.25) is 5.02 Å². The lowest BCUT2D eigenvalue weighted by Gasteiger charge is -2.19. The molecule has 0 aliphatic heterocycles. The largest absolute Gasteiger partial charge is 0.494 e. The van der Waals surface area contributed by atoms with Crippen LogP contribution < -0.4 is 9.47 Å². The van der Waals surface area contributed by atoms with E-state index < -0.39 is 5.82 Å². The van der Waals surface area contributed by atoms with Crippen LogP contribution in [0.5, 0.6) is 11.8 Å². The summed E-state index contributed by atoms with van der Waals surface area (Å²) < 4.78 is 27.2. The third-order valence-electron chi connectivity index (χ3n) is 5.20. The number of hydrogen-bond acceptors (Lipinski definition) is 4. The number of benzene rings is 1. The molecule has 0 spiro atoms. The van der Waals surface area contributed by atoms with Crippen LogP contribution in [-0.2, 0) is 0 Å². The van der Waals surface area contributed by atoms with Crippen molar-refractivity contribution < 1.29 is 13.9 Å². The number of aromatic nitrogens is 3. The van der Waals surface area contributed by atoms with Gasteiger partial charge in [0, 0.05) is 17.8 Å². The molecule has 0 N–H and O–H groups in total. The molecule has 27 heavy (non-hydrogen) atoms. The van der Waals surface area contributed by atoms with Crippen molar-refractivity contribution in [3.05, 3.63) is 35.2 Å². The van der Waals surface area contributed by atoms with E-state index in [1.807, 2.05) is 6.07 Å². The molecule has 7 heteroatoms. The van der Waals surface area contributed by atoms with Crippen molar-refractivity contribution in [2.45, 2.75) is 32.2 Å². The Morgan fingerprint density at radius 3 is 2.67 bits per heavy atom. The maximum Gasteiger partial charge on any atom is 0.297 e. The van der Waals surface area contributed by atoms with E-state index in [1.54, 1.807) is 25.4 Å². The molecule has 1 saturated carbocycles. The number of rotatable bonds is 6. The van der Waals surface area contributed by atoms with Crippen LogP contribution in [-0.4, -0.2) is 28.8 Å². The van der Waals surface area contributed by atoms with Crippen molar-refractivity contribution in [1.29, 1.82) is 0 Å². The average molecular weight is 390 g/mol. The molecule has 2 heterocycles. The van der Waals surface area contributed by atoms with E-state index >= 15 is 0 Å². The van der Waals surface area contributed by atoms with Gasteiger partial charge in [0.1, 0.15) is 5.52 Å². The third kappa shape index (κ3) is 2.92. The number of imidazole rings is 1. The number of methoxy groups -OCH3 is 2. The van der Waals surface area contributed by atoms with Gasteiger partial charge in [-0.2, -0.15) is 4.98 Å². The molecule has 2 aromatic heterocycles. The lowest BCUT2D eigenvalue weighted by molar-refractivity contribution is 0.323. The Morgan fingerprint density at radius 2 is 2.04 bits per heavy atom. The Bertz CT molecular complexity index is 1000. The number of hydrogen-bond donors (Lipinski definition) is 0.